The molecule has 0 bridgehead atoms. The van der Waals surface area contributed by atoms with Crippen molar-refractivity contribution in [3.63, 3.8) is 0 Å². The van der Waals surface area contributed by atoms with Crippen molar-refractivity contribution in [1.29, 1.82) is 0 Å². The summed E-state index contributed by atoms with van der Waals surface area (Å²) in [6.07, 6.45) is -1.21. The lowest BCUT2D eigenvalue weighted by Crippen LogP contribution is -2.45. The summed E-state index contributed by atoms with van der Waals surface area (Å²) in [5, 5.41) is 26.7. The lowest BCUT2D eigenvalue weighted by atomic mass is 9.93. The zero-order valence-electron chi connectivity index (χ0n) is 18.2. The summed E-state index contributed by atoms with van der Waals surface area (Å²) in [5.41, 5.74) is -0.202. The van der Waals surface area contributed by atoms with Crippen molar-refractivity contribution in [3.05, 3.63) is 83.4 Å². The van der Waals surface area contributed by atoms with Gasteiger partial charge in [0.25, 0.3) is 5.91 Å². The third-order valence-corrected chi connectivity index (χ3v) is 6.85. The lowest BCUT2D eigenvalue weighted by molar-refractivity contribution is 0.0703. The molecule has 0 saturated carbocycles. The number of fused-ring (bicyclic) bond motifs is 2. The largest absolute Gasteiger partial charge is 0.465 e. The predicted molar refractivity (Wildman–Crippen MR) is 127 cm³/mol. The van der Waals surface area contributed by atoms with Gasteiger partial charge >= 0.3 is 6.09 Å². The van der Waals surface area contributed by atoms with Gasteiger partial charge in [0.15, 0.2) is 5.72 Å². The van der Waals surface area contributed by atoms with Crippen LogP contribution >= 0.6 is 0 Å². The zero-order valence-corrected chi connectivity index (χ0v) is 19.0. The van der Waals surface area contributed by atoms with Crippen LogP contribution in [0.25, 0.3) is 11.0 Å². The van der Waals surface area contributed by atoms with E-state index in [0.29, 0.717) is 16.6 Å². The molecule has 1 aromatic heterocycles. The van der Waals surface area contributed by atoms with Crippen LogP contribution in [0.4, 0.5) is 16.4 Å². The number of aromatic amines is 1. The number of anilines is 2. The highest BCUT2D eigenvalue weighted by atomic mass is 32.2. The summed E-state index contributed by atoms with van der Waals surface area (Å²) >= 11 is 0. The van der Waals surface area contributed by atoms with E-state index in [-0.39, 0.29) is 27.7 Å². The minimum Gasteiger partial charge on any atom is -0.465 e. The van der Waals surface area contributed by atoms with Gasteiger partial charge in [0.2, 0.25) is 16.0 Å². The van der Waals surface area contributed by atoms with E-state index in [1.54, 1.807) is 42.5 Å². The number of carbonyl (C=O) groups excluding carboxylic acids is 1. The summed E-state index contributed by atoms with van der Waals surface area (Å²) in [4.78, 5) is 33.7. The summed E-state index contributed by atoms with van der Waals surface area (Å²) in [5.74, 6) is -0.456. The molecule has 0 aliphatic carbocycles. The molecule has 1 atom stereocenters. The van der Waals surface area contributed by atoms with Crippen molar-refractivity contribution in [2.45, 2.75) is 10.6 Å². The molecule has 0 spiro atoms. The standard InChI is InChI=1S/C23H19N5O6S/c1-27(22(30)31)21-25-18-10-9-13(11-19(18)26-21)23(32)17-8-3-2-7-16(17)20(29)28(23)14-5-4-6-15(12-14)35(24,33)34/h2-12,32H,1H3,(H,25,26)(H,30,31)(H2,24,33,34). The molecule has 1 aliphatic rings. The Morgan fingerprint density at radius 3 is 2.57 bits per heavy atom. The van der Waals surface area contributed by atoms with E-state index in [1.165, 1.54) is 31.3 Å². The maximum absolute atomic E-state index is 13.5. The molecule has 0 saturated heterocycles. The van der Waals surface area contributed by atoms with Gasteiger partial charge in [-0.15, -0.1) is 0 Å². The second-order valence-electron chi connectivity index (χ2n) is 8.03. The van der Waals surface area contributed by atoms with Crippen LogP contribution in [0.5, 0.6) is 0 Å². The molecule has 12 heteroatoms. The highest BCUT2D eigenvalue weighted by Crippen LogP contribution is 2.45. The Bertz CT molecular complexity index is 1630. The van der Waals surface area contributed by atoms with E-state index in [0.717, 1.165) is 9.80 Å². The molecule has 0 radical (unpaired) electrons. The van der Waals surface area contributed by atoms with Crippen molar-refractivity contribution in [3.8, 4) is 0 Å². The van der Waals surface area contributed by atoms with Crippen molar-refractivity contribution in [2.75, 3.05) is 16.8 Å². The maximum Gasteiger partial charge on any atom is 0.413 e. The molecule has 4 aromatic rings. The number of imidazole rings is 1. The van der Waals surface area contributed by atoms with Gasteiger partial charge in [-0.25, -0.2) is 23.3 Å². The smallest absolute Gasteiger partial charge is 0.413 e. The van der Waals surface area contributed by atoms with Gasteiger partial charge in [-0.1, -0.05) is 30.3 Å². The van der Waals surface area contributed by atoms with Crippen molar-refractivity contribution >= 4 is 44.7 Å². The number of aliphatic hydroxyl groups is 1. The molecular weight excluding hydrogens is 474 g/mol. The average Bonchev–Trinajstić information content (AvgIpc) is 3.35. The minimum atomic E-state index is -4.07. The van der Waals surface area contributed by atoms with Crippen LogP contribution in [0, 0.1) is 0 Å². The number of hydrogen-bond acceptors (Lipinski definition) is 6. The molecule has 5 N–H and O–H groups in total. The third-order valence-electron chi connectivity index (χ3n) is 5.94. The molecule has 5 rings (SSSR count). The zero-order chi connectivity index (χ0) is 25.1. The molecule has 2 amide bonds. The van der Waals surface area contributed by atoms with E-state index in [2.05, 4.69) is 9.97 Å². The molecule has 35 heavy (non-hydrogen) atoms. The van der Waals surface area contributed by atoms with Gasteiger partial charge in [-0.2, -0.15) is 0 Å². The number of carbonyl (C=O) groups is 2. The van der Waals surface area contributed by atoms with E-state index < -0.39 is 27.7 Å². The first-order chi connectivity index (χ1) is 16.5. The minimum absolute atomic E-state index is 0.0808. The van der Waals surface area contributed by atoms with Crippen molar-refractivity contribution in [1.82, 2.24) is 9.97 Å². The van der Waals surface area contributed by atoms with Gasteiger partial charge in [-0.3, -0.25) is 14.6 Å². The molecule has 2 heterocycles. The van der Waals surface area contributed by atoms with Crippen LogP contribution in [0.1, 0.15) is 21.5 Å². The van der Waals surface area contributed by atoms with Gasteiger partial charge in [0, 0.05) is 29.4 Å². The highest BCUT2D eigenvalue weighted by Gasteiger charge is 2.50. The number of primary sulfonamides is 1. The Balaban J connectivity index is 1.72. The first kappa shape index (κ1) is 22.5. The second kappa shape index (κ2) is 7.63. The second-order valence-corrected chi connectivity index (χ2v) is 9.60. The SMILES string of the molecule is CN(C(=O)O)c1nc2ccc(C3(O)c4ccccc4C(=O)N3c3cccc(S(N)(=O)=O)c3)cc2[nH]1. The van der Waals surface area contributed by atoms with E-state index in [1.807, 2.05) is 0 Å². The van der Waals surface area contributed by atoms with Gasteiger partial charge in [-0.05, 0) is 36.4 Å². The van der Waals surface area contributed by atoms with Crippen molar-refractivity contribution < 1.29 is 28.2 Å². The third kappa shape index (κ3) is 3.43. The Labute approximate surface area is 199 Å². The van der Waals surface area contributed by atoms with Crippen LogP contribution in [-0.4, -0.2) is 47.6 Å². The monoisotopic (exact) mass is 493 g/mol. The predicted octanol–water partition coefficient (Wildman–Crippen LogP) is 2.18. The van der Waals surface area contributed by atoms with Gasteiger partial charge in [0.05, 0.1) is 15.9 Å². The number of benzene rings is 3. The molecule has 178 valence electrons. The Morgan fingerprint density at radius 2 is 1.86 bits per heavy atom. The van der Waals surface area contributed by atoms with E-state index in [9.17, 15) is 28.2 Å². The molecule has 0 fully saturated rings. The summed E-state index contributed by atoms with van der Waals surface area (Å²) in [7, 11) is -2.73. The molecular formula is C23H19N5O6S. The lowest BCUT2D eigenvalue weighted by Gasteiger charge is -2.35. The number of nitrogens with one attached hydrogen (secondary N) is 1. The summed E-state index contributed by atoms with van der Waals surface area (Å²) in [6, 6.07) is 16.7. The van der Waals surface area contributed by atoms with Gasteiger partial charge in [0.1, 0.15) is 0 Å². The maximum atomic E-state index is 13.5. The number of sulfonamides is 1. The fraction of sp³-hybridized carbons (Fsp3) is 0.0870. The first-order valence-corrected chi connectivity index (χ1v) is 11.8. The Morgan fingerprint density at radius 1 is 1.11 bits per heavy atom. The highest BCUT2D eigenvalue weighted by molar-refractivity contribution is 7.89. The molecule has 1 unspecified atom stereocenters. The number of aromatic nitrogens is 2. The quantitative estimate of drug-likeness (QED) is 0.337. The number of nitrogens with two attached hydrogens (primary N) is 1. The van der Waals surface area contributed by atoms with Gasteiger partial charge < -0.3 is 15.2 Å². The molecule has 3 aromatic carbocycles. The number of carboxylic acid groups (broad SMARTS) is 1. The van der Waals surface area contributed by atoms with Crippen molar-refractivity contribution in [2.24, 2.45) is 5.14 Å². The normalized spacial score (nSPS) is 17.6. The number of nitrogens with zero attached hydrogens (tertiary/aromatic N) is 3. The van der Waals surface area contributed by atoms with Crippen LogP contribution in [0.15, 0.2) is 71.6 Å². The van der Waals surface area contributed by atoms with Crippen LogP contribution in [0.3, 0.4) is 0 Å². The van der Waals surface area contributed by atoms with E-state index in [4.69, 9.17) is 5.14 Å². The number of rotatable bonds is 4. The molecule has 1 aliphatic heterocycles. The topological polar surface area (TPSA) is 170 Å². The summed E-state index contributed by atoms with van der Waals surface area (Å²) in [6.45, 7) is 0. The van der Waals surface area contributed by atoms with E-state index >= 15 is 0 Å². The first-order valence-electron chi connectivity index (χ1n) is 10.3. The van der Waals surface area contributed by atoms with Crippen LogP contribution in [-0.2, 0) is 15.7 Å². The number of hydrogen-bond donors (Lipinski definition) is 4. The number of amides is 2. The Hall–Kier alpha value is -4.26. The summed E-state index contributed by atoms with van der Waals surface area (Å²) < 4.78 is 23.9. The Kier molecular flexibility index (Phi) is 4.91. The average molecular weight is 494 g/mol. The van der Waals surface area contributed by atoms with Crippen LogP contribution in [0.2, 0.25) is 0 Å². The fourth-order valence-electron chi connectivity index (χ4n) is 4.21. The molecule has 11 nitrogen and oxygen atoms in total. The van der Waals surface area contributed by atoms with Crippen LogP contribution < -0.4 is 14.9 Å². The number of H-pyrrole nitrogens is 1. The fourth-order valence-corrected chi connectivity index (χ4v) is 4.77.